The van der Waals surface area contributed by atoms with Crippen LogP contribution in [0.15, 0.2) is 0 Å². The minimum atomic E-state index is -1.02. The first-order valence-electron chi connectivity index (χ1n) is 3.67. The van der Waals surface area contributed by atoms with Gasteiger partial charge in [0.2, 0.25) is 0 Å². The van der Waals surface area contributed by atoms with E-state index in [4.69, 9.17) is 0 Å². The summed E-state index contributed by atoms with van der Waals surface area (Å²) in [5.41, 5.74) is 4.62. The Kier molecular flexibility index (Phi) is 10.9. The van der Waals surface area contributed by atoms with Crippen molar-refractivity contribution in [3.63, 3.8) is 0 Å². The van der Waals surface area contributed by atoms with E-state index < -0.39 is 12.1 Å². The maximum atomic E-state index is 10.6. The minimum absolute atomic E-state index is 0. The Morgan fingerprint density at radius 1 is 1.42 bits per heavy atom. The Bertz CT molecular complexity index is 155. The molecule has 1 amide bonds. The first-order chi connectivity index (χ1) is 5.16. The number of primary amides is 1. The molecule has 0 aromatic rings. The number of amides is 1. The van der Waals surface area contributed by atoms with Gasteiger partial charge in [0.15, 0.2) is 0 Å². The minimum Gasteiger partial charge on any atom is -1.00 e. The van der Waals surface area contributed by atoms with E-state index in [2.05, 4.69) is 10.5 Å². The van der Waals surface area contributed by atoms with Gasteiger partial charge in [0.05, 0.1) is 0 Å². The van der Waals surface area contributed by atoms with Crippen LogP contribution < -0.4 is 35.3 Å². The fraction of sp³-hybridized carbons (Fsp3) is 0.714. The van der Waals surface area contributed by atoms with Crippen LogP contribution in [0.25, 0.3) is 0 Å². The summed E-state index contributed by atoms with van der Waals surface area (Å²) < 4.78 is 4.10. The number of nitrogens with two attached hydrogens (primary N) is 1. The summed E-state index contributed by atoms with van der Waals surface area (Å²) in [6.45, 7) is 2.03. The van der Waals surface area contributed by atoms with E-state index in [1.807, 2.05) is 6.92 Å². The van der Waals surface area contributed by atoms with Crippen LogP contribution in [0, 0.1) is 0 Å². The number of esters is 1. The molecule has 0 aliphatic carbocycles. The molecular formula is C7H14NNaO3. The van der Waals surface area contributed by atoms with Gasteiger partial charge in [0.1, 0.15) is 0 Å². The zero-order valence-corrected chi connectivity index (χ0v) is 9.63. The normalized spacial score (nSPS) is 8.42. The topological polar surface area (TPSA) is 69.4 Å². The quantitative estimate of drug-likeness (QED) is 0.244. The van der Waals surface area contributed by atoms with Gasteiger partial charge >= 0.3 is 41.6 Å². The van der Waals surface area contributed by atoms with E-state index in [9.17, 15) is 9.59 Å². The fourth-order valence-corrected chi connectivity index (χ4v) is 0.683. The molecule has 0 spiro atoms. The van der Waals surface area contributed by atoms with Gasteiger partial charge in [-0.1, -0.05) is 19.8 Å². The van der Waals surface area contributed by atoms with Gasteiger partial charge < -0.3 is 11.9 Å². The second-order valence-electron chi connectivity index (χ2n) is 2.25. The van der Waals surface area contributed by atoms with E-state index in [-0.39, 0.29) is 37.4 Å². The Balaban J connectivity index is -0.000000500. The second-order valence-corrected chi connectivity index (χ2v) is 2.25. The number of carbonyl (C=O) groups excluding carboxylic acids is 2. The predicted molar refractivity (Wildman–Crippen MR) is 40.9 cm³/mol. The summed E-state index contributed by atoms with van der Waals surface area (Å²) in [6.07, 6.45) is 2.00. The molecule has 0 saturated heterocycles. The summed E-state index contributed by atoms with van der Waals surface area (Å²) in [7, 11) is 0. The van der Waals surface area contributed by atoms with E-state index >= 15 is 0 Å². The summed E-state index contributed by atoms with van der Waals surface area (Å²) in [5.74, 6) is -0.536. The summed E-state index contributed by atoms with van der Waals surface area (Å²) in [5, 5.41) is 0. The van der Waals surface area contributed by atoms with Crippen LogP contribution in [-0.2, 0) is 9.53 Å². The molecule has 0 atom stereocenters. The number of unbranched alkanes of at least 4 members (excludes halogenated alkanes) is 2. The molecule has 5 heteroatoms. The first kappa shape index (κ1) is 14.5. The SMILES string of the molecule is CCCCCC(=O)OC(N)=O.[H-].[Na+]. The van der Waals surface area contributed by atoms with Crippen molar-refractivity contribution in [2.24, 2.45) is 5.73 Å². The summed E-state index contributed by atoms with van der Waals surface area (Å²) in [6, 6.07) is 0. The van der Waals surface area contributed by atoms with Crippen LogP contribution >= 0.6 is 0 Å². The van der Waals surface area contributed by atoms with Gasteiger partial charge in [-0.15, -0.1) is 0 Å². The molecule has 4 nitrogen and oxygen atoms in total. The molecule has 66 valence electrons. The van der Waals surface area contributed by atoms with Crippen LogP contribution in [0.2, 0.25) is 0 Å². The van der Waals surface area contributed by atoms with E-state index in [1.165, 1.54) is 0 Å². The number of carbonyl (C=O) groups is 2. The van der Waals surface area contributed by atoms with Gasteiger partial charge in [0, 0.05) is 6.42 Å². The summed E-state index contributed by atoms with van der Waals surface area (Å²) in [4.78, 5) is 20.6. The van der Waals surface area contributed by atoms with Crippen molar-refractivity contribution in [3.8, 4) is 0 Å². The van der Waals surface area contributed by atoms with Gasteiger partial charge in [-0.05, 0) is 6.42 Å². The Labute approximate surface area is 95.6 Å². The molecule has 0 aromatic carbocycles. The van der Waals surface area contributed by atoms with Crippen molar-refractivity contribution in [2.45, 2.75) is 32.6 Å². The smallest absolute Gasteiger partial charge is 1.00 e. The number of rotatable bonds is 4. The molecule has 2 N–H and O–H groups in total. The van der Waals surface area contributed by atoms with Crippen molar-refractivity contribution < 1.29 is 45.3 Å². The molecule has 12 heavy (non-hydrogen) atoms. The van der Waals surface area contributed by atoms with Crippen LogP contribution in [-0.4, -0.2) is 12.1 Å². The number of hydrogen-bond donors (Lipinski definition) is 1. The maximum absolute atomic E-state index is 10.6. The Hall–Kier alpha value is -0.0600. The standard InChI is InChI=1S/C7H13NO3.Na.H/c1-2-3-4-5-6(9)11-7(8)10;;/h2-5H2,1H3,(H2,8,10);;/q;+1;-1. The third kappa shape index (κ3) is 9.94. The summed E-state index contributed by atoms with van der Waals surface area (Å²) >= 11 is 0. The van der Waals surface area contributed by atoms with Crippen LogP contribution in [0.3, 0.4) is 0 Å². The largest absolute Gasteiger partial charge is 1.00 e. The average Bonchev–Trinajstić information content (AvgIpc) is 1.86. The molecule has 0 fully saturated rings. The van der Waals surface area contributed by atoms with E-state index in [0.29, 0.717) is 0 Å². The van der Waals surface area contributed by atoms with Gasteiger partial charge in [-0.3, -0.25) is 4.79 Å². The van der Waals surface area contributed by atoms with Gasteiger partial charge in [0.25, 0.3) is 0 Å². The predicted octanol–water partition coefficient (Wildman–Crippen LogP) is -1.69. The van der Waals surface area contributed by atoms with Crippen LogP contribution in [0.5, 0.6) is 0 Å². The fourth-order valence-electron chi connectivity index (χ4n) is 0.683. The average molecular weight is 183 g/mol. The van der Waals surface area contributed by atoms with Crippen LogP contribution in [0.4, 0.5) is 4.79 Å². The molecule has 0 aromatic heterocycles. The van der Waals surface area contributed by atoms with Crippen molar-refractivity contribution in [2.75, 3.05) is 0 Å². The number of hydrogen-bond acceptors (Lipinski definition) is 3. The molecule has 0 heterocycles. The third-order valence-corrected chi connectivity index (χ3v) is 1.20. The van der Waals surface area contributed by atoms with Crippen molar-refractivity contribution in [1.82, 2.24) is 0 Å². The van der Waals surface area contributed by atoms with Crippen molar-refractivity contribution in [1.29, 1.82) is 0 Å². The maximum Gasteiger partial charge on any atom is 1.00 e. The van der Waals surface area contributed by atoms with Crippen molar-refractivity contribution in [3.05, 3.63) is 0 Å². The molecule has 0 aliphatic rings. The van der Waals surface area contributed by atoms with Crippen molar-refractivity contribution >= 4 is 12.1 Å². The Morgan fingerprint density at radius 3 is 2.42 bits per heavy atom. The van der Waals surface area contributed by atoms with Gasteiger partial charge in [-0.25, -0.2) is 4.79 Å². The monoisotopic (exact) mass is 183 g/mol. The molecule has 0 aliphatic heterocycles. The molecule has 0 unspecified atom stereocenters. The first-order valence-corrected chi connectivity index (χ1v) is 3.67. The molecule has 0 saturated carbocycles. The molecule has 0 bridgehead atoms. The number of ether oxygens (including phenoxy) is 1. The van der Waals surface area contributed by atoms with Gasteiger partial charge in [-0.2, -0.15) is 0 Å². The molecule has 0 radical (unpaired) electrons. The van der Waals surface area contributed by atoms with E-state index in [1.54, 1.807) is 0 Å². The van der Waals surface area contributed by atoms with Crippen LogP contribution in [0.1, 0.15) is 34.0 Å². The Morgan fingerprint density at radius 2 is 2.00 bits per heavy atom. The molecule has 0 rings (SSSR count). The zero-order valence-electron chi connectivity index (χ0n) is 8.63. The zero-order chi connectivity index (χ0) is 8.69. The van der Waals surface area contributed by atoms with E-state index in [0.717, 1.165) is 19.3 Å². The molecular weight excluding hydrogens is 169 g/mol. The second kappa shape index (κ2) is 9.03. The third-order valence-electron chi connectivity index (χ3n) is 1.20.